The number of aromatic amines is 1. The number of piperidine rings is 1. The monoisotopic (exact) mass is 342 g/mol. The molecule has 2 heterocycles. The van der Waals surface area contributed by atoms with Gasteiger partial charge >= 0.3 is 0 Å². The molecular formula is C19H26N4O2. The standard InChI is InChI=1S/C19H26N4O2/c1-22(2)13-14-7-5-6-12-23(14)18(24)11-10-17-20-16-9-4-3-8-15(16)19(25)21-17/h3-4,8-9,14H,5-7,10-13H2,1-2H3,(H,20,21,25)/t14-/m0/s1. The molecule has 0 aliphatic carbocycles. The van der Waals surface area contributed by atoms with E-state index in [1.54, 1.807) is 6.07 Å². The molecule has 6 heteroatoms. The molecule has 3 rings (SSSR count). The molecular weight excluding hydrogens is 316 g/mol. The van der Waals surface area contributed by atoms with E-state index in [1.807, 2.05) is 37.2 Å². The molecule has 1 atom stereocenters. The third-order valence-corrected chi connectivity index (χ3v) is 4.76. The van der Waals surface area contributed by atoms with Crippen LogP contribution in [0.3, 0.4) is 0 Å². The maximum Gasteiger partial charge on any atom is 0.258 e. The van der Waals surface area contributed by atoms with Gasteiger partial charge < -0.3 is 14.8 Å². The minimum absolute atomic E-state index is 0.142. The number of fused-ring (bicyclic) bond motifs is 1. The van der Waals surface area contributed by atoms with Crippen LogP contribution in [0.1, 0.15) is 31.5 Å². The lowest BCUT2D eigenvalue weighted by Gasteiger charge is -2.37. The number of H-pyrrole nitrogens is 1. The van der Waals surface area contributed by atoms with Crippen molar-refractivity contribution in [1.29, 1.82) is 0 Å². The number of aryl methyl sites for hydroxylation is 1. The highest BCUT2D eigenvalue weighted by Gasteiger charge is 2.26. The van der Waals surface area contributed by atoms with Crippen LogP contribution in [-0.4, -0.2) is 58.9 Å². The van der Waals surface area contributed by atoms with Crippen molar-refractivity contribution in [1.82, 2.24) is 19.8 Å². The van der Waals surface area contributed by atoms with Crippen molar-refractivity contribution in [2.75, 3.05) is 27.2 Å². The fourth-order valence-corrected chi connectivity index (χ4v) is 3.56. The number of amides is 1. The van der Waals surface area contributed by atoms with Gasteiger partial charge in [0.25, 0.3) is 5.56 Å². The fourth-order valence-electron chi connectivity index (χ4n) is 3.56. The fraction of sp³-hybridized carbons (Fsp3) is 0.526. The van der Waals surface area contributed by atoms with Gasteiger partial charge in [-0.3, -0.25) is 9.59 Å². The van der Waals surface area contributed by atoms with Crippen LogP contribution in [0.2, 0.25) is 0 Å². The number of carbonyl (C=O) groups excluding carboxylic acids is 1. The normalized spacial score (nSPS) is 18.0. The zero-order chi connectivity index (χ0) is 17.8. The molecule has 0 saturated carbocycles. The number of likely N-dealkylation sites (tertiary alicyclic amines) is 1. The summed E-state index contributed by atoms with van der Waals surface area (Å²) in [6.45, 7) is 1.73. The molecule has 25 heavy (non-hydrogen) atoms. The molecule has 0 spiro atoms. The Morgan fingerprint density at radius 3 is 2.92 bits per heavy atom. The van der Waals surface area contributed by atoms with Gasteiger partial charge in [0.2, 0.25) is 5.91 Å². The van der Waals surface area contributed by atoms with E-state index in [2.05, 4.69) is 14.9 Å². The summed E-state index contributed by atoms with van der Waals surface area (Å²) in [4.78, 5) is 36.3. The summed E-state index contributed by atoms with van der Waals surface area (Å²) in [7, 11) is 4.09. The summed E-state index contributed by atoms with van der Waals surface area (Å²) in [5, 5.41) is 0.583. The van der Waals surface area contributed by atoms with Gasteiger partial charge in [-0.2, -0.15) is 0 Å². The molecule has 1 saturated heterocycles. The second-order valence-corrected chi connectivity index (χ2v) is 7.03. The Morgan fingerprint density at radius 2 is 2.12 bits per heavy atom. The lowest BCUT2D eigenvalue weighted by molar-refractivity contribution is -0.135. The molecule has 1 aromatic carbocycles. The molecule has 0 unspecified atom stereocenters. The zero-order valence-corrected chi connectivity index (χ0v) is 15.0. The largest absolute Gasteiger partial charge is 0.338 e. The Balaban J connectivity index is 1.68. The van der Waals surface area contributed by atoms with Gasteiger partial charge in [0, 0.05) is 32.0 Å². The first-order chi connectivity index (χ1) is 12.0. The molecule has 1 aliphatic heterocycles. The van der Waals surface area contributed by atoms with E-state index in [0.717, 1.165) is 25.9 Å². The highest BCUT2D eigenvalue weighted by Crippen LogP contribution is 2.19. The molecule has 0 bridgehead atoms. The number of nitrogens with one attached hydrogen (secondary N) is 1. The van der Waals surface area contributed by atoms with Crippen molar-refractivity contribution < 1.29 is 4.79 Å². The molecule has 2 aromatic rings. The van der Waals surface area contributed by atoms with Crippen LogP contribution in [0.15, 0.2) is 29.1 Å². The molecule has 1 amide bonds. The molecule has 134 valence electrons. The minimum atomic E-state index is -0.142. The Labute approximate surface area is 147 Å². The van der Waals surface area contributed by atoms with Crippen molar-refractivity contribution >= 4 is 16.8 Å². The SMILES string of the molecule is CN(C)C[C@@H]1CCCCN1C(=O)CCc1nc2ccccc2c(=O)[nH]1. The molecule has 1 N–H and O–H groups in total. The van der Waals surface area contributed by atoms with Gasteiger partial charge in [-0.05, 0) is 45.5 Å². The first-order valence-electron chi connectivity index (χ1n) is 8.97. The van der Waals surface area contributed by atoms with Crippen LogP contribution < -0.4 is 5.56 Å². The van der Waals surface area contributed by atoms with Crippen molar-refractivity contribution in [3.05, 3.63) is 40.4 Å². The number of hydrogen-bond donors (Lipinski definition) is 1. The number of benzene rings is 1. The predicted molar refractivity (Wildman–Crippen MR) is 98.6 cm³/mol. The summed E-state index contributed by atoms with van der Waals surface area (Å²) in [6.07, 6.45) is 4.16. The lowest BCUT2D eigenvalue weighted by atomic mass is 10.0. The molecule has 0 radical (unpaired) electrons. The third kappa shape index (κ3) is 4.25. The van der Waals surface area contributed by atoms with E-state index in [9.17, 15) is 9.59 Å². The quantitative estimate of drug-likeness (QED) is 0.899. The number of rotatable bonds is 5. The predicted octanol–water partition coefficient (Wildman–Crippen LogP) is 1.80. The van der Waals surface area contributed by atoms with Crippen molar-refractivity contribution in [3.8, 4) is 0 Å². The number of para-hydroxylation sites is 1. The summed E-state index contributed by atoms with van der Waals surface area (Å²) >= 11 is 0. The maximum atomic E-state index is 12.7. The Bertz CT molecular complexity index is 799. The van der Waals surface area contributed by atoms with Crippen molar-refractivity contribution in [2.24, 2.45) is 0 Å². The van der Waals surface area contributed by atoms with Gasteiger partial charge in [0.05, 0.1) is 10.9 Å². The molecule has 1 aliphatic rings. The Kier molecular flexibility index (Phi) is 5.48. The van der Waals surface area contributed by atoms with Gasteiger partial charge in [-0.25, -0.2) is 4.98 Å². The molecule has 6 nitrogen and oxygen atoms in total. The molecule has 1 aromatic heterocycles. The number of likely N-dealkylation sites (N-methyl/N-ethyl adjacent to an activating group) is 1. The van der Waals surface area contributed by atoms with Gasteiger partial charge in [-0.1, -0.05) is 12.1 Å². The first kappa shape index (κ1) is 17.6. The van der Waals surface area contributed by atoms with Crippen molar-refractivity contribution in [2.45, 2.75) is 38.1 Å². The Morgan fingerprint density at radius 1 is 1.32 bits per heavy atom. The van der Waals surface area contributed by atoms with Crippen LogP contribution in [0.5, 0.6) is 0 Å². The lowest BCUT2D eigenvalue weighted by Crippen LogP contribution is -2.48. The van der Waals surface area contributed by atoms with Crippen LogP contribution in [0.4, 0.5) is 0 Å². The molecule has 1 fully saturated rings. The summed E-state index contributed by atoms with van der Waals surface area (Å²) in [5.41, 5.74) is 0.536. The maximum absolute atomic E-state index is 12.7. The summed E-state index contributed by atoms with van der Waals surface area (Å²) < 4.78 is 0. The number of aromatic nitrogens is 2. The minimum Gasteiger partial charge on any atom is -0.338 e. The van der Waals surface area contributed by atoms with E-state index in [0.29, 0.717) is 35.6 Å². The second kappa shape index (κ2) is 7.78. The van der Waals surface area contributed by atoms with E-state index >= 15 is 0 Å². The third-order valence-electron chi connectivity index (χ3n) is 4.76. The van der Waals surface area contributed by atoms with Gasteiger partial charge in [0.1, 0.15) is 5.82 Å². The van der Waals surface area contributed by atoms with E-state index in [-0.39, 0.29) is 11.5 Å². The van der Waals surface area contributed by atoms with Crippen LogP contribution in [0.25, 0.3) is 10.9 Å². The average Bonchev–Trinajstić information content (AvgIpc) is 2.60. The topological polar surface area (TPSA) is 69.3 Å². The van der Waals surface area contributed by atoms with E-state index < -0.39 is 0 Å². The highest BCUT2D eigenvalue weighted by molar-refractivity contribution is 5.78. The second-order valence-electron chi connectivity index (χ2n) is 7.03. The smallest absolute Gasteiger partial charge is 0.258 e. The summed E-state index contributed by atoms with van der Waals surface area (Å²) in [6, 6.07) is 7.57. The average molecular weight is 342 g/mol. The number of carbonyl (C=O) groups is 1. The van der Waals surface area contributed by atoms with Crippen LogP contribution >= 0.6 is 0 Å². The Hall–Kier alpha value is -2.21. The van der Waals surface area contributed by atoms with Crippen LogP contribution in [-0.2, 0) is 11.2 Å². The van der Waals surface area contributed by atoms with Gasteiger partial charge in [0.15, 0.2) is 0 Å². The van der Waals surface area contributed by atoms with E-state index in [4.69, 9.17) is 0 Å². The van der Waals surface area contributed by atoms with Crippen molar-refractivity contribution in [3.63, 3.8) is 0 Å². The zero-order valence-electron chi connectivity index (χ0n) is 15.0. The van der Waals surface area contributed by atoms with Gasteiger partial charge in [-0.15, -0.1) is 0 Å². The van der Waals surface area contributed by atoms with E-state index in [1.165, 1.54) is 6.42 Å². The number of hydrogen-bond acceptors (Lipinski definition) is 4. The first-order valence-corrected chi connectivity index (χ1v) is 8.97. The highest BCUT2D eigenvalue weighted by atomic mass is 16.2. The number of nitrogens with zero attached hydrogens (tertiary/aromatic N) is 3. The summed E-state index contributed by atoms with van der Waals surface area (Å²) in [5.74, 6) is 0.737. The van der Waals surface area contributed by atoms with Crippen LogP contribution in [0, 0.1) is 0 Å².